The second kappa shape index (κ2) is 8.23. The van der Waals surface area contributed by atoms with Gasteiger partial charge < -0.3 is 5.32 Å². The molecule has 0 spiro atoms. The first kappa shape index (κ1) is 18.8. The van der Waals surface area contributed by atoms with E-state index >= 15 is 0 Å². The quantitative estimate of drug-likeness (QED) is 0.464. The molecule has 0 bridgehead atoms. The number of hydrogen-bond acceptors (Lipinski definition) is 2. The number of halogens is 1. The summed E-state index contributed by atoms with van der Waals surface area (Å²) in [7, 11) is 0. The highest BCUT2D eigenvalue weighted by Crippen LogP contribution is 2.27. The fourth-order valence-corrected chi connectivity index (χ4v) is 3.51. The summed E-state index contributed by atoms with van der Waals surface area (Å²) in [4.78, 5) is 17.8. The van der Waals surface area contributed by atoms with E-state index in [9.17, 15) is 9.18 Å². The van der Waals surface area contributed by atoms with Crippen molar-refractivity contribution in [2.24, 2.45) is 0 Å². The lowest BCUT2D eigenvalue weighted by atomic mass is 10.0. The van der Waals surface area contributed by atoms with Crippen LogP contribution in [0, 0.1) is 5.82 Å². The lowest BCUT2D eigenvalue weighted by molar-refractivity contribution is 0.0937. The molecular formula is C25H21FN2O. The van der Waals surface area contributed by atoms with Crippen molar-refractivity contribution < 1.29 is 9.18 Å². The fourth-order valence-electron chi connectivity index (χ4n) is 3.51. The van der Waals surface area contributed by atoms with Crippen molar-refractivity contribution in [2.45, 2.75) is 19.4 Å². The van der Waals surface area contributed by atoms with Crippen molar-refractivity contribution in [1.82, 2.24) is 10.3 Å². The minimum atomic E-state index is -0.364. The van der Waals surface area contributed by atoms with E-state index in [0.717, 1.165) is 17.4 Å². The van der Waals surface area contributed by atoms with Gasteiger partial charge in [-0.2, -0.15) is 0 Å². The first-order valence-electron chi connectivity index (χ1n) is 9.68. The molecule has 4 rings (SSSR count). The summed E-state index contributed by atoms with van der Waals surface area (Å²) in [6, 6.07) is 25.4. The smallest absolute Gasteiger partial charge is 0.252 e. The molecule has 0 saturated carbocycles. The first-order chi connectivity index (χ1) is 14.2. The molecule has 0 saturated heterocycles. The average Bonchev–Trinajstić information content (AvgIpc) is 2.77. The molecule has 1 N–H and O–H groups in total. The van der Waals surface area contributed by atoms with Gasteiger partial charge in [-0.15, -0.1) is 0 Å². The maximum atomic E-state index is 14.4. The Kier molecular flexibility index (Phi) is 5.34. The number of benzene rings is 3. The standard InChI is InChI=1S/C25H21FN2O/c1-2-22(17-10-4-3-5-11-17)28-25(29)20-16-24(19-13-6-8-14-21(19)26)27-23-15-9-7-12-18(20)23/h3-16,22H,2H2,1H3,(H,28,29). The summed E-state index contributed by atoms with van der Waals surface area (Å²) in [5.41, 5.74) is 3.02. The van der Waals surface area contributed by atoms with Crippen LogP contribution >= 0.6 is 0 Å². The molecule has 1 atom stereocenters. The number of carbonyl (C=O) groups excluding carboxylic acids is 1. The largest absolute Gasteiger partial charge is 0.345 e. The summed E-state index contributed by atoms with van der Waals surface area (Å²) in [5.74, 6) is -0.561. The van der Waals surface area contributed by atoms with E-state index in [1.54, 1.807) is 24.3 Å². The van der Waals surface area contributed by atoms with Crippen molar-refractivity contribution in [3.63, 3.8) is 0 Å². The Morgan fingerprint density at radius 2 is 1.66 bits per heavy atom. The number of rotatable bonds is 5. The predicted molar refractivity (Wildman–Crippen MR) is 114 cm³/mol. The number of carbonyl (C=O) groups is 1. The van der Waals surface area contributed by atoms with Crippen LogP contribution in [-0.2, 0) is 0 Å². The van der Waals surface area contributed by atoms with Gasteiger partial charge in [0.1, 0.15) is 5.82 Å². The van der Waals surface area contributed by atoms with Crippen molar-refractivity contribution in [3.8, 4) is 11.3 Å². The zero-order chi connectivity index (χ0) is 20.2. The molecule has 0 fully saturated rings. The predicted octanol–water partition coefficient (Wildman–Crippen LogP) is 5.92. The van der Waals surface area contributed by atoms with Crippen LogP contribution < -0.4 is 5.32 Å². The maximum Gasteiger partial charge on any atom is 0.252 e. The molecule has 29 heavy (non-hydrogen) atoms. The van der Waals surface area contributed by atoms with E-state index in [1.165, 1.54) is 6.07 Å². The Hall–Kier alpha value is -3.53. The van der Waals surface area contributed by atoms with E-state index < -0.39 is 0 Å². The van der Waals surface area contributed by atoms with Gasteiger partial charge in [0, 0.05) is 10.9 Å². The lowest BCUT2D eigenvalue weighted by Crippen LogP contribution is -2.28. The highest BCUT2D eigenvalue weighted by atomic mass is 19.1. The number of para-hydroxylation sites is 1. The van der Waals surface area contributed by atoms with Crippen molar-refractivity contribution in [2.75, 3.05) is 0 Å². The van der Waals surface area contributed by atoms with Gasteiger partial charge in [-0.1, -0.05) is 67.6 Å². The molecule has 4 aromatic rings. The Morgan fingerprint density at radius 1 is 0.966 bits per heavy atom. The first-order valence-corrected chi connectivity index (χ1v) is 9.68. The van der Waals surface area contributed by atoms with Crippen LogP contribution in [0.2, 0.25) is 0 Å². The molecule has 1 amide bonds. The molecule has 0 aliphatic rings. The van der Waals surface area contributed by atoms with Gasteiger partial charge in [0.05, 0.1) is 22.8 Å². The molecule has 1 unspecified atom stereocenters. The van der Waals surface area contributed by atoms with Crippen molar-refractivity contribution >= 4 is 16.8 Å². The minimum absolute atomic E-state index is 0.104. The number of amides is 1. The molecule has 0 radical (unpaired) electrons. The molecule has 4 heteroatoms. The van der Waals surface area contributed by atoms with Crippen LogP contribution in [-0.4, -0.2) is 10.9 Å². The van der Waals surface area contributed by atoms with Crippen LogP contribution in [0.25, 0.3) is 22.2 Å². The van der Waals surface area contributed by atoms with Crippen LogP contribution in [0.15, 0.2) is 84.9 Å². The van der Waals surface area contributed by atoms with Gasteiger partial charge in [0.15, 0.2) is 0 Å². The van der Waals surface area contributed by atoms with E-state index in [2.05, 4.69) is 10.3 Å². The summed E-state index contributed by atoms with van der Waals surface area (Å²) in [6.45, 7) is 2.04. The zero-order valence-electron chi connectivity index (χ0n) is 16.1. The Bertz CT molecular complexity index is 1160. The average molecular weight is 384 g/mol. The lowest BCUT2D eigenvalue weighted by Gasteiger charge is -2.18. The van der Waals surface area contributed by atoms with Gasteiger partial charge in [0.2, 0.25) is 0 Å². The van der Waals surface area contributed by atoms with Crippen LogP contribution in [0.5, 0.6) is 0 Å². The molecular weight excluding hydrogens is 363 g/mol. The molecule has 0 aliphatic carbocycles. The molecule has 1 aromatic heterocycles. The maximum absolute atomic E-state index is 14.4. The van der Waals surface area contributed by atoms with Gasteiger partial charge in [-0.05, 0) is 36.2 Å². The molecule has 0 aliphatic heterocycles. The topological polar surface area (TPSA) is 42.0 Å². The van der Waals surface area contributed by atoms with Crippen molar-refractivity contribution in [3.05, 3.63) is 102 Å². The monoisotopic (exact) mass is 384 g/mol. The molecule has 3 nitrogen and oxygen atoms in total. The number of nitrogens with zero attached hydrogens (tertiary/aromatic N) is 1. The second-order valence-corrected chi connectivity index (χ2v) is 6.90. The second-order valence-electron chi connectivity index (χ2n) is 6.90. The summed E-state index contributed by atoms with van der Waals surface area (Å²) < 4.78 is 14.4. The third-order valence-electron chi connectivity index (χ3n) is 5.03. The summed E-state index contributed by atoms with van der Waals surface area (Å²) >= 11 is 0. The fraction of sp³-hybridized carbons (Fsp3) is 0.120. The highest BCUT2D eigenvalue weighted by Gasteiger charge is 2.18. The van der Waals surface area contributed by atoms with Gasteiger partial charge in [-0.25, -0.2) is 9.37 Å². The molecule has 144 valence electrons. The van der Waals surface area contributed by atoms with Crippen molar-refractivity contribution in [1.29, 1.82) is 0 Å². The van der Waals surface area contributed by atoms with Gasteiger partial charge >= 0.3 is 0 Å². The zero-order valence-corrected chi connectivity index (χ0v) is 16.1. The van der Waals surface area contributed by atoms with E-state index in [0.29, 0.717) is 22.3 Å². The SMILES string of the molecule is CCC(NC(=O)c1cc(-c2ccccc2F)nc2ccccc12)c1ccccc1. The number of fused-ring (bicyclic) bond motifs is 1. The number of aromatic nitrogens is 1. The van der Waals surface area contributed by atoms with Gasteiger partial charge in [0.25, 0.3) is 5.91 Å². The Balaban J connectivity index is 1.78. The minimum Gasteiger partial charge on any atom is -0.345 e. The van der Waals surface area contributed by atoms with Crippen LogP contribution in [0.1, 0.15) is 35.3 Å². The van der Waals surface area contributed by atoms with Gasteiger partial charge in [-0.3, -0.25) is 4.79 Å². The normalized spacial score (nSPS) is 11.9. The summed E-state index contributed by atoms with van der Waals surface area (Å²) in [6.07, 6.45) is 0.763. The molecule has 1 heterocycles. The number of hydrogen-bond donors (Lipinski definition) is 1. The summed E-state index contributed by atoms with van der Waals surface area (Å²) in [5, 5.41) is 3.87. The third kappa shape index (κ3) is 3.87. The molecule has 3 aromatic carbocycles. The van der Waals surface area contributed by atoms with E-state index in [-0.39, 0.29) is 17.8 Å². The highest BCUT2D eigenvalue weighted by molar-refractivity contribution is 6.07. The third-order valence-corrected chi connectivity index (χ3v) is 5.03. The number of nitrogens with one attached hydrogen (secondary N) is 1. The number of pyridine rings is 1. The van der Waals surface area contributed by atoms with Crippen LogP contribution in [0.4, 0.5) is 4.39 Å². The van der Waals surface area contributed by atoms with E-state index in [4.69, 9.17) is 0 Å². The van der Waals surface area contributed by atoms with E-state index in [1.807, 2.05) is 61.5 Å². The van der Waals surface area contributed by atoms with Crippen LogP contribution in [0.3, 0.4) is 0 Å². The Morgan fingerprint density at radius 3 is 2.41 bits per heavy atom. The Labute approximate surface area is 169 Å².